The third kappa shape index (κ3) is 4.57. The van der Waals surface area contributed by atoms with Crippen molar-refractivity contribution in [1.82, 2.24) is 9.80 Å². The molecule has 0 saturated carbocycles. The van der Waals surface area contributed by atoms with Gasteiger partial charge in [0.05, 0.1) is 12.7 Å². The molecule has 2 atom stereocenters. The Morgan fingerprint density at radius 3 is 2.43 bits per heavy atom. The van der Waals surface area contributed by atoms with E-state index in [0.717, 1.165) is 45.4 Å². The van der Waals surface area contributed by atoms with Crippen LogP contribution in [0.4, 0.5) is 0 Å². The Morgan fingerprint density at radius 2 is 1.70 bits per heavy atom. The number of amides is 1. The highest BCUT2D eigenvalue weighted by atomic mass is 16.5. The number of esters is 1. The van der Waals surface area contributed by atoms with Gasteiger partial charge in [-0.25, -0.2) is 4.79 Å². The predicted molar refractivity (Wildman–Crippen MR) is 117 cm³/mol. The van der Waals surface area contributed by atoms with Crippen LogP contribution in [0.1, 0.15) is 45.5 Å². The number of fused-ring (bicyclic) bond motifs is 1. The van der Waals surface area contributed by atoms with E-state index in [1.165, 1.54) is 19.1 Å². The minimum Gasteiger partial charge on any atom is -0.465 e. The summed E-state index contributed by atoms with van der Waals surface area (Å²) in [5.74, 6) is 0.246. The molecule has 158 valence electrons. The number of piperidine rings is 2. The van der Waals surface area contributed by atoms with Crippen LogP contribution in [0.3, 0.4) is 0 Å². The van der Waals surface area contributed by atoms with Gasteiger partial charge in [-0.05, 0) is 61.4 Å². The summed E-state index contributed by atoms with van der Waals surface area (Å²) in [6, 6.07) is 17.8. The molecule has 2 aliphatic rings. The molecule has 30 heavy (non-hydrogen) atoms. The number of methoxy groups -OCH3 is 1. The van der Waals surface area contributed by atoms with E-state index in [0.29, 0.717) is 23.1 Å². The average molecular weight is 407 g/mol. The third-order valence-corrected chi connectivity index (χ3v) is 6.53. The quantitative estimate of drug-likeness (QED) is 0.712. The van der Waals surface area contributed by atoms with Crippen molar-refractivity contribution in [2.24, 2.45) is 5.92 Å². The van der Waals surface area contributed by atoms with Crippen LogP contribution in [0.25, 0.3) is 0 Å². The molecule has 5 heteroatoms. The highest BCUT2D eigenvalue weighted by Gasteiger charge is 2.38. The fourth-order valence-electron chi connectivity index (χ4n) is 4.90. The van der Waals surface area contributed by atoms with Crippen molar-refractivity contribution in [3.63, 3.8) is 0 Å². The standard InChI is InChI=1S/C25H30N2O3/c1-30-25(29)21-11-9-20(10-12-21)24(28)27-15-5-8-22-18-26(17-14-23(22)27)16-13-19-6-3-2-4-7-19/h2-4,6-7,9-12,22-23H,5,8,13-18H2,1H3/t22-,23+/m1/s1. The van der Waals surface area contributed by atoms with Gasteiger partial charge in [0, 0.05) is 37.8 Å². The lowest BCUT2D eigenvalue weighted by atomic mass is 9.83. The first-order valence-electron chi connectivity index (χ1n) is 10.9. The number of nitrogens with zero attached hydrogens (tertiary/aromatic N) is 2. The molecule has 2 fully saturated rings. The van der Waals surface area contributed by atoms with E-state index in [2.05, 4.69) is 40.1 Å². The molecule has 0 N–H and O–H groups in total. The maximum Gasteiger partial charge on any atom is 0.337 e. The molecule has 0 bridgehead atoms. The van der Waals surface area contributed by atoms with Crippen LogP contribution in [0, 0.1) is 5.92 Å². The van der Waals surface area contributed by atoms with E-state index in [9.17, 15) is 9.59 Å². The number of hydrogen-bond acceptors (Lipinski definition) is 4. The smallest absolute Gasteiger partial charge is 0.337 e. The lowest BCUT2D eigenvalue weighted by Gasteiger charge is -2.47. The van der Waals surface area contributed by atoms with Crippen molar-refractivity contribution >= 4 is 11.9 Å². The molecule has 2 aromatic rings. The SMILES string of the molecule is COC(=O)c1ccc(C(=O)N2CCC[C@@H]3CN(CCc4ccccc4)CC[C@@H]32)cc1. The van der Waals surface area contributed by atoms with E-state index in [-0.39, 0.29) is 11.9 Å². The first-order valence-corrected chi connectivity index (χ1v) is 10.9. The van der Waals surface area contributed by atoms with Crippen LogP contribution in [0.5, 0.6) is 0 Å². The van der Waals surface area contributed by atoms with Crippen molar-refractivity contribution < 1.29 is 14.3 Å². The molecule has 1 amide bonds. The number of hydrogen-bond donors (Lipinski definition) is 0. The number of benzene rings is 2. The molecule has 4 rings (SSSR count). The van der Waals surface area contributed by atoms with Crippen molar-refractivity contribution in [3.8, 4) is 0 Å². The largest absolute Gasteiger partial charge is 0.465 e. The summed E-state index contributed by atoms with van der Waals surface area (Å²) in [5, 5.41) is 0. The highest BCUT2D eigenvalue weighted by molar-refractivity contribution is 5.96. The van der Waals surface area contributed by atoms with E-state index < -0.39 is 0 Å². The summed E-state index contributed by atoms with van der Waals surface area (Å²) in [5.41, 5.74) is 2.50. The van der Waals surface area contributed by atoms with Crippen LogP contribution < -0.4 is 0 Å². The average Bonchev–Trinajstić information content (AvgIpc) is 2.82. The normalized spacial score (nSPS) is 21.7. The number of ether oxygens (including phenoxy) is 1. The zero-order valence-corrected chi connectivity index (χ0v) is 17.6. The summed E-state index contributed by atoms with van der Waals surface area (Å²) in [6.45, 7) is 4.01. The van der Waals surface area contributed by atoms with Crippen molar-refractivity contribution in [1.29, 1.82) is 0 Å². The number of carbonyl (C=O) groups excluding carboxylic acids is 2. The zero-order valence-electron chi connectivity index (χ0n) is 17.6. The Labute approximate surface area is 178 Å². The Kier molecular flexibility index (Phi) is 6.48. The second-order valence-corrected chi connectivity index (χ2v) is 8.36. The number of carbonyl (C=O) groups is 2. The topological polar surface area (TPSA) is 49.9 Å². The fraction of sp³-hybridized carbons (Fsp3) is 0.440. The van der Waals surface area contributed by atoms with Crippen LogP contribution in [0.2, 0.25) is 0 Å². The molecule has 0 aromatic heterocycles. The second kappa shape index (κ2) is 9.43. The van der Waals surface area contributed by atoms with Gasteiger partial charge in [0.25, 0.3) is 5.91 Å². The highest BCUT2D eigenvalue weighted by Crippen LogP contribution is 2.31. The molecule has 0 unspecified atom stereocenters. The van der Waals surface area contributed by atoms with Gasteiger partial charge in [-0.3, -0.25) is 4.79 Å². The molecular formula is C25H30N2O3. The maximum atomic E-state index is 13.2. The van der Waals surface area contributed by atoms with Gasteiger partial charge in [-0.1, -0.05) is 30.3 Å². The Bertz CT molecular complexity index is 866. The number of likely N-dealkylation sites (tertiary alicyclic amines) is 2. The maximum absolute atomic E-state index is 13.2. The molecule has 2 heterocycles. The van der Waals surface area contributed by atoms with Gasteiger partial charge in [-0.2, -0.15) is 0 Å². The van der Waals surface area contributed by atoms with Crippen molar-refractivity contribution in [3.05, 3.63) is 71.3 Å². The third-order valence-electron chi connectivity index (χ3n) is 6.53. The molecule has 0 spiro atoms. The van der Waals surface area contributed by atoms with Crippen molar-refractivity contribution in [2.45, 2.75) is 31.7 Å². The first-order chi connectivity index (χ1) is 14.7. The van der Waals surface area contributed by atoms with Crippen LogP contribution in [-0.2, 0) is 11.2 Å². The lowest BCUT2D eigenvalue weighted by Crippen LogP contribution is -2.55. The van der Waals surface area contributed by atoms with Crippen LogP contribution in [0.15, 0.2) is 54.6 Å². The van der Waals surface area contributed by atoms with Crippen LogP contribution in [-0.4, -0.2) is 61.0 Å². The predicted octanol–water partition coefficient (Wildman–Crippen LogP) is 3.64. The summed E-state index contributed by atoms with van der Waals surface area (Å²) >= 11 is 0. The first kappa shape index (κ1) is 20.6. The van der Waals surface area contributed by atoms with E-state index in [1.807, 2.05) is 0 Å². The molecular weight excluding hydrogens is 376 g/mol. The number of rotatable bonds is 5. The van der Waals surface area contributed by atoms with Gasteiger partial charge in [-0.15, -0.1) is 0 Å². The van der Waals surface area contributed by atoms with E-state index >= 15 is 0 Å². The molecule has 5 nitrogen and oxygen atoms in total. The van der Waals surface area contributed by atoms with Gasteiger partial charge in [0.2, 0.25) is 0 Å². The minimum absolute atomic E-state index is 0.0823. The van der Waals surface area contributed by atoms with Gasteiger partial charge < -0.3 is 14.5 Å². The Morgan fingerprint density at radius 1 is 0.967 bits per heavy atom. The molecule has 2 aromatic carbocycles. The summed E-state index contributed by atoms with van der Waals surface area (Å²) in [7, 11) is 1.36. The lowest BCUT2D eigenvalue weighted by molar-refractivity contribution is 0.0204. The Hall–Kier alpha value is -2.66. The van der Waals surface area contributed by atoms with Gasteiger partial charge in [0.1, 0.15) is 0 Å². The van der Waals surface area contributed by atoms with Crippen LogP contribution >= 0.6 is 0 Å². The fourth-order valence-corrected chi connectivity index (χ4v) is 4.90. The Balaban J connectivity index is 1.37. The van der Waals surface area contributed by atoms with Crippen molar-refractivity contribution in [2.75, 3.05) is 33.3 Å². The molecule has 2 aliphatic heterocycles. The molecule has 0 aliphatic carbocycles. The second-order valence-electron chi connectivity index (χ2n) is 8.36. The molecule has 0 radical (unpaired) electrons. The van der Waals surface area contributed by atoms with E-state index in [1.54, 1.807) is 24.3 Å². The zero-order chi connectivity index (χ0) is 20.9. The molecule has 2 saturated heterocycles. The van der Waals surface area contributed by atoms with Gasteiger partial charge in [0.15, 0.2) is 0 Å². The monoisotopic (exact) mass is 406 g/mol. The minimum atomic E-state index is -0.380. The summed E-state index contributed by atoms with van der Waals surface area (Å²) in [6.07, 6.45) is 4.36. The van der Waals surface area contributed by atoms with E-state index in [4.69, 9.17) is 4.74 Å². The van der Waals surface area contributed by atoms with Gasteiger partial charge >= 0.3 is 5.97 Å². The summed E-state index contributed by atoms with van der Waals surface area (Å²) < 4.78 is 4.74. The summed E-state index contributed by atoms with van der Waals surface area (Å²) in [4.78, 5) is 29.5.